The van der Waals surface area contributed by atoms with Gasteiger partial charge in [0.2, 0.25) is 0 Å². The van der Waals surface area contributed by atoms with Crippen LogP contribution in [0.4, 0.5) is 0 Å². The summed E-state index contributed by atoms with van der Waals surface area (Å²) in [6.45, 7) is 6.84. The van der Waals surface area contributed by atoms with Gasteiger partial charge in [-0.05, 0) is 51.4 Å². The van der Waals surface area contributed by atoms with E-state index < -0.39 is 16.3 Å². The van der Waals surface area contributed by atoms with Gasteiger partial charge in [0.1, 0.15) is 10.3 Å². The normalized spacial score (nSPS) is 10.9. The quantitative estimate of drug-likeness (QED) is 0.314. The Kier molecular flexibility index (Phi) is 13.7. The van der Waals surface area contributed by atoms with E-state index in [1.54, 1.807) is 27.7 Å². The van der Waals surface area contributed by atoms with Crippen LogP contribution in [0.15, 0.2) is 24.5 Å². The van der Waals surface area contributed by atoms with Gasteiger partial charge in [-0.25, -0.2) is 9.97 Å². The molecule has 1 amide bonds. The number of rotatable bonds is 5. The van der Waals surface area contributed by atoms with Gasteiger partial charge in [0, 0.05) is 17.9 Å². The van der Waals surface area contributed by atoms with Crippen molar-refractivity contribution in [2.24, 2.45) is 5.73 Å². The molecule has 0 bridgehead atoms. The standard InChI is InChI=1S/C10H12Cl2N2O2.C6H2Cl3NO.C4H11NO/c1-10(2,5-15)14-9(16)6-3-7(11)8(12)13-4-6;7-4-1-3(6(9)11)2-10-5(4)8;1-4(2,5)3-6/h3-4,15H,5H2,1-2H3,(H,14,16);1-2H;6H,3,5H2,1-2H3. The first-order valence-electron chi connectivity index (χ1n) is 9.18. The van der Waals surface area contributed by atoms with Gasteiger partial charge >= 0.3 is 0 Å². The van der Waals surface area contributed by atoms with E-state index in [2.05, 4.69) is 15.3 Å². The first-order valence-corrected chi connectivity index (χ1v) is 11.1. The van der Waals surface area contributed by atoms with Crippen molar-refractivity contribution in [3.63, 3.8) is 0 Å². The lowest BCUT2D eigenvalue weighted by Crippen LogP contribution is -2.46. The Balaban J connectivity index is 0.000000520. The number of aliphatic hydroxyl groups excluding tert-OH is 2. The lowest BCUT2D eigenvalue weighted by Gasteiger charge is -2.23. The maximum atomic E-state index is 11.7. The summed E-state index contributed by atoms with van der Waals surface area (Å²) < 4.78 is 0. The molecular formula is C20H25Cl5N4O4. The summed E-state index contributed by atoms with van der Waals surface area (Å²) in [7, 11) is 0. The van der Waals surface area contributed by atoms with E-state index in [1.165, 1.54) is 24.5 Å². The number of aromatic nitrogens is 2. The molecule has 0 aromatic carbocycles. The second kappa shape index (κ2) is 14.2. The van der Waals surface area contributed by atoms with Crippen LogP contribution in [0.1, 0.15) is 48.4 Å². The van der Waals surface area contributed by atoms with Crippen LogP contribution in [-0.4, -0.2) is 55.6 Å². The number of carbonyl (C=O) groups excluding carboxylic acids is 2. The molecule has 2 aromatic heterocycles. The number of pyridine rings is 2. The SMILES string of the molecule is CC(C)(CO)NC(=O)c1cnc(Cl)c(Cl)c1.CC(C)(N)CO.O=C(Cl)c1cnc(Cl)c(Cl)c1. The molecule has 2 rings (SSSR count). The fourth-order valence-corrected chi connectivity index (χ4v) is 2.14. The van der Waals surface area contributed by atoms with Crippen molar-refractivity contribution in [1.82, 2.24) is 15.3 Å². The van der Waals surface area contributed by atoms with Crippen molar-refractivity contribution in [2.45, 2.75) is 38.8 Å². The maximum Gasteiger partial charge on any atom is 0.253 e. The molecule has 0 aliphatic carbocycles. The Labute approximate surface area is 217 Å². The average molecular weight is 563 g/mol. The smallest absolute Gasteiger partial charge is 0.253 e. The Morgan fingerprint density at radius 1 is 0.909 bits per heavy atom. The molecule has 0 saturated carbocycles. The fourth-order valence-electron chi connectivity index (χ4n) is 1.49. The molecule has 184 valence electrons. The summed E-state index contributed by atoms with van der Waals surface area (Å²) >= 11 is 27.6. The zero-order valence-corrected chi connectivity index (χ0v) is 22.1. The van der Waals surface area contributed by atoms with Crippen LogP contribution in [0.2, 0.25) is 20.4 Å². The van der Waals surface area contributed by atoms with Crippen molar-refractivity contribution in [1.29, 1.82) is 0 Å². The molecular weight excluding hydrogens is 538 g/mol. The number of nitrogens with zero attached hydrogens (tertiary/aromatic N) is 2. The Hall–Kier alpha value is -1.23. The highest BCUT2D eigenvalue weighted by Gasteiger charge is 2.20. The zero-order valence-electron chi connectivity index (χ0n) is 18.3. The van der Waals surface area contributed by atoms with Gasteiger partial charge in [0.05, 0.1) is 39.9 Å². The third-order valence-corrected chi connectivity index (χ3v) is 4.93. The van der Waals surface area contributed by atoms with Gasteiger partial charge in [-0.3, -0.25) is 9.59 Å². The van der Waals surface area contributed by atoms with Crippen LogP contribution in [-0.2, 0) is 0 Å². The van der Waals surface area contributed by atoms with Gasteiger partial charge in [0.25, 0.3) is 11.1 Å². The molecule has 0 aliphatic rings. The molecule has 8 nitrogen and oxygen atoms in total. The summed E-state index contributed by atoms with van der Waals surface area (Å²) in [6.07, 6.45) is 2.60. The highest BCUT2D eigenvalue weighted by Crippen LogP contribution is 2.21. The first-order chi connectivity index (χ1) is 15.0. The molecule has 0 unspecified atom stereocenters. The third-order valence-electron chi connectivity index (χ3n) is 3.34. The van der Waals surface area contributed by atoms with E-state index >= 15 is 0 Å². The molecule has 2 aromatic rings. The molecule has 0 fully saturated rings. The van der Waals surface area contributed by atoms with E-state index in [9.17, 15) is 9.59 Å². The van der Waals surface area contributed by atoms with Crippen LogP contribution in [0, 0.1) is 0 Å². The second-order valence-corrected chi connectivity index (χ2v) is 9.78. The summed E-state index contributed by atoms with van der Waals surface area (Å²) in [6, 6.07) is 2.80. The summed E-state index contributed by atoms with van der Waals surface area (Å²) in [4.78, 5) is 29.6. The number of carbonyl (C=O) groups is 2. The first kappa shape index (κ1) is 31.8. The molecule has 13 heteroatoms. The molecule has 0 saturated heterocycles. The highest BCUT2D eigenvalue weighted by atomic mass is 35.5. The predicted octanol–water partition coefficient (Wildman–Crippen LogP) is 4.37. The van der Waals surface area contributed by atoms with Crippen LogP contribution in [0.25, 0.3) is 0 Å². The highest BCUT2D eigenvalue weighted by molar-refractivity contribution is 6.67. The largest absolute Gasteiger partial charge is 0.394 e. The van der Waals surface area contributed by atoms with Crippen molar-refractivity contribution in [3.05, 3.63) is 56.0 Å². The van der Waals surface area contributed by atoms with Crippen LogP contribution < -0.4 is 11.1 Å². The van der Waals surface area contributed by atoms with E-state index in [0.717, 1.165) is 0 Å². The van der Waals surface area contributed by atoms with Crippen LogP contribution >= 0.6 is 58.0 Å². The van der Waals surface area contributed by atoms with Gasteiger partial charge in [-0.15, -0.1) is 0 Å². The minimum atomic E-state index is -0.691. The molecule has 33 heavy (non-hydrogen) atoms. The molecule has 0 spiro atoms. The minimum Gasteiger partial charge on any atom is -0.394 e. The fraction of sp³-hybridized carbons (Fsp3) is 0.400. The third kappa shape index (κ3) is 13.3. The Bertz CT molecular complexity index is 953. The van der Waals surface area contributed by atoms with Crippen molar-refractivity contribution < 1.29 is 19.8 Å². The number of amides is 1. The van der Waals surface area contributed by atoms with Gasteiger partial charge in [0.15, 0.2) is 0 Å². The lowest BCUT2D eigenvalue weighted by atomic mass is 10.1. The molecule has 5 N–H and O–H groups in total. The topological polar surface area (TPSA) is 138 Å². The second-order valence-electron chi connectivity index (χ2n) is 7.91. The number of nitrogens with one attached hydrogen (secondary N) is 1. The van der Waals surface area contributed by atoms with Crippen molar-refractivity contribution in [2.75, 3.05) is 13.2 Å². The van der Waals surface area contributed by atoms with E-state index in [1.807, 2.05) is 0 Å². The zero-order chi connectivity index (χ0) is 26.0. The minimum absolute atomic E-state index is 0.0486. The van der Waals surface area contributed by atoms with E-state index in [0.29, 0.717) is 5.56 Å². The average Bonchev–Trinajstić information content (AvgIpc) is 2.72. The number of hydrogen-bond acceptors (Lipinski definition) is 7. The summed E-state index contributed by atoms with van der Waals surface area (Å²) in [5, 5.41) is 20.1. The monoisotopic (exact) mass is 560 g/mol. The van der Waals surface area contributed by atoms with Crippen molar-refractivity contribution in [3.8, 4) is 0 Å². The molecule has 2 heterocycles. The molecule has 0 radical (unpaired) electrons. The van der Waals surface area contributed by atoms with E-state index in [4.69, 9.17) is 74.0 Å². The summed E-state index contributed by atoms with van der Waals surface area (Å²) in [5.41, 5.74) is 4.73. The van der Waals surface area contributed by atoms with Crippen molar-refractivity contribution >= 4 is 69.2 Å². The summed E-state index contributed by atoms with van der Waals surface area (Å²) in [5.74, 6) is -0.356. The van der Waals surface area contributed by atoms with Gasteiger partial charge in [-0.2, -0.15) is 0 Å². The predicted molar refractivity (Wildman–Crippen MR) is 133 cm³/mol. The maximum absolute atomic E-state index is 11.7. The molecule has 0 aliphatic heterocycles. The van der Waals surface area contributed by atoms with Crippen LogP contribution in [0.5, 0.6) is 0 Å². The Morgan fingerprint density at radius 3 is 1.64 bits per heavy atom. The number of hydrogen-bond donors (Lipinski definition) is 4. The molecule has 0 atom stereocenters. The van der Waals surface area contributed by atoms with E-state index in [-0.39, 0.29) is 45.0 Å². The van der Waals surface area contributed by atoms with Gasteiger partial charge < -0.3 is 21.3 Å². The lowest BCUT2D eigenvalue weighted by molar-refractivity contribution is 0.0868. The van der Waals surface area contributed by atoms with Gasteiger partial charge in [-0.1, -0.05) is 46.4 Å². The van der Waals surface area contributed by atoms with Crippen LogP contribution in [0.3, 0.4) is 0 Å². The number of nitrogens with two attached hydrogens (primary N) is 1. The number of aliphatic hydroxyl groups is 2. The Morgan fingerprint density at radius 2 is 1.30 bits per heavy atom. The number of halogens is 5.